The van der Waals surface area contributed by atoms with Crippen molar-refractivity contribution in [3.05, 3.63) is 83.1 Å². The van der Waals surface area contributed by atoms with Crippen LogP contribution in [0.2, 0.25) is 0 Å². The highest BCUT2D eigenvalue weighted by Gasteiger charge is 2.52. The summed E-state index contributed by atoms with van der Waals surface area (Å²) in [7, 11) is 0. The summed E-state index contributed by atoms with van der Waals surface area (Å²) in [5, 5.41) is 12.4. The van der Waals surface area contributed by atoms with E-state index in [1.54, 1.807) is 18.2 Å². The molecular weight excluding hydrogens is 591 g/mol. The molecule has 232 valence electrons. The molecule has 9 nitrogen and oxygen atoms in total. The van der Waals surface area contributed by atoms with Gasteiger partial charge in [-0.15, -0.1) is 0 Å². The van der Waals surface area contributed by atoms with Gasteiger partial charge >= 0.3 is 18.2 Å². The minimum atomic E-state index is -5.05. The quantitative estimate of drug-likeness (QED) is 0.323. The molecule has 2 N–H and O–H groups in total. The van der Waals surface area contributed by atoms with E-state index in [-0.39, 0.29) is 37.1 Å². The Balaban J connectivity index is 1.35. The van der Waals surface area contributed by atoms with Gasteiger partial charge in [-0.25, -0.2) is 18.5 Å². The number of allylic oxidation sites excluding steroid dienone is 1. The van der Waals surface area contributed by atoms with Crippen LogP contribution < -0.4 is 10.2 Å². The molecule has 2 atom stereocenters. The van der Waals surface area contributed by atoms with Gasteiger partial charge in [0.15, 0.2) is 0 Å². The number of amides is 4. The molecule has 2 aliphatic heterocycles. The molecule has 1 aliphatic carbocycles. The van der Waals surface area contributed by atoms with E-state index in [1.807, 2.05) is 0 Å². The van der Waals surface area contributed by atoms with Gasteiger partial charge in [0.2, 0.25) is 5.91 Å². The van der Waals surface area contributed by atoms with Gasteiger partial charge in [0.05, 0.1) is 23.7 Å². The van der Waals surface area contributed by atoms with E-state index in [4.69, 9.17) is 0 Å². The maximum Gasteiger partial charge on any atom is 0.419 e. The first kappa shape index (κ1) is 30.7. The van der Waals surface area contributed by atoms with Crippen LogP contribution >= 0.6 is 0 Å². The Morgan fingerprint density at radius 2 is 1.82 bits per heavy atom. The Bertz CT molecular complexity index is 1620. The predicted molar refractivity (Wildman–Crippen MR) is 147 cm³/mol. The molecule has 2 aromatic rings. The van der Waals surface area contributed by atoms with E-state index in [9.17, 15) is 46.2 Å². The van der Waals surface area contributed by atoms with Crippen LogP contribution in [0.4, 0.5) is 38.1 Å². The molecule has 0 bridgehead atoms. The lowest BCUT2D eigenvalue weighted by molar-refractivity contribution is -0.142. The zero-order valence-corrected chi connectivity index (χ0v) is 23.5. The first-order valence-corrected chi connectivity index (χ1v) is 13.6. The number of aliphatic carboxylic acids is 1. The SMILES string of the molecule is CC1(C)C(=O)N(c2ccc(F)c(C(F)(F)F)c2)C(=O)N1Cc1ccc(F)cc1NC1C=CC(N2CC(C(=O)O)CC2=O)=CC1. The number of nitrogens with one attached hydrogen (secondary N) is 1. The summed E-state index contributed by atoms with van der Waals surface area (Å²) in [5.41, 5.74) is -2.34. The number of nitrogens with zero attached hydrogens (tertiary/aromatic N) is 3. The molecule has 2 fully saturated rings. The lowest BCUT2D eigenvalue weighted by atomic mass is 10.0. The number of carboxylic acid groups (broad SMARTS) is 1. The molecule has 5 rings (SSSR count). The van der Waals surface area contributed by atoms with Crippen LogP contribution in [-0.2, 0) is 27.1 Å². The third-order valence-corrected chi connectivity index (χ3v) is 7.94. The van der Waals surface area contributed by atoms with Gasteiger partial charge in [-0.3, -0.25) is 14.4 Å². The van der Waals surface area contributed by atoms with Gasteiger partial charge in [-0.1, -0.05) is 18.2 Å². The lowest BCUT2D eigenvalue weighted by Gasteiger charge is -2.29. The van der Waals surface area contributed by atoms with Crippen LogP contribution in [0, 0.1) is 17.6 Å². The summed E-state index contributed by atoms with van der Waals surface area (Å²) in [6, 6.07) is 4.32. The minimum Gasteiger partial charge on any atom is -0.481 e. The highest BCUT2D eigenvalue weighted by Crippen LogP contribution is 2.38. The third kappa shape index (κ3) is 5.63. The fourth-order valence-electron chi connectivity index (χ4n) is 5.43. The molecule has 14 heteroatoms. The van der Waals surface area contributed by atoms with Crippen LogP contribution in [0.5, 0.6) is 0 Å². The largest absolute Gasteiger partial charge is 0.481 e. The topological polar surface area (TPSA) is 110 Å². The van der Waals surface area contributed by atoms with Crippen molar-refractivity contribution in [2.75, 3.05) is 16.8 Å². The number of hydrogen-bond acceptors (Lipinski definition) is 5. The van der Waals surface area contributed by atoms with E-state index in [0.29, 0.717) is 34.7 Å². The van der Waals surface area contributed by atoms with Crippen molar-refractivity contribution in [3.63, 3.8) is 0 Å². The average Bonchev–Trinajstić information content (AvgIpc) is 3.41. The first-order chi connectivity index (χ1) is 20.6. The van der Waals surface area contributed by atoms with E-state index in [1.165, 1.54) is 30.9 Å². The number of rotatable bonds is 7. The predicted octanol–water partition coefficient (Wildman–Crippen LogP) is 5.29. The number of carboxylic acids is 1. The number of halogens is 5. The van der Waals surface area contributed by atoms with Gasteiger partial charge in [-0.05, 0) is 62.2 Å². The number of likely N-dealkylation sites (tertiary alicyclic amines) is 1. The maximum atomic E-state index is 14.3. The van der Waals surface area contributed by atoms with Gasteiger partial charge in [0, 0.05) is 30.4 Å². The summed E-state index contributed by atoms with van der Waals surface area (Å²) < 4.78 is 68.2. The molecule has 44 heavy (non-hydrogen) atoms. The van der Waals surface area contributed by atoms with E-state index in [0.717, 1.165) is 17.0 Å². The molecule has 2 saturated heterocycles. The van der Waals surface area contributed by atoms with Crippen LogP contribution in [0.1, 0.15) is 37.8 Å². The molecule has 4 amide bonds. The van der Waals surface area contributed by atoms with Crippen LogP contribution in [0.15, 0.2) is 60.3 Å². The summed E-state index contributed by atoms with van der Waals surface area (Å²) in [6.45, 7) is 2.67. The normalized spacial score (nSPS) is 21.8. The standard InChI is InChI=1S/C30H27F5N4O5/c1-29(2)27(43)39(21-9-10-23(32)22(13-21)30(33,34)35)28(44)38(29)15-16-3-4-18(31)12-24(16)36-19-5-7-20(8-6-19)37-14-17(26(41)42)11-25(37)40/h3-5,7-10,12-13,17,19,36H,6,11,14-15H2,1-2H3,(H,41,42). The molecular formula is C30H27F5N4O5. The smallest absolute Gasteiger partial charge is 0.419 e. The van der Waals surface area contributed by atoms with Gasteiger partial charge in [0.1, 0.15) is 17.2 Å². The molecule has 3 aliphatic rings. The van der Waals surface area contributed by atoms with E-state index < -0.39 is 58.4 Å². The highest BCUT2D eigenvalue weighted by atomic mass is 19.4. The highest BCUT2D eigenvalue weighted by molar-refractivity contribution is 6.23. The van der Waals surface area contributed by atoms with Crippen LogP contribution in [-0.4, -0.2) is 56.8 Å². The van der Waals surface area contributed by atoms with Crippen molar-refractivity contribution in [3.8, 4) is 0 Å². The number of urea groups is 1. The van der Waals surface area contributed by atoms with Gasteiger partial charge < -0.3 is 20.2 Å². The Kier molecular flexibility index (Phi) is 7.72. The lowest BCUT2D eigenvalue weighted by Crippen LogP contribution is -2.43. The Labute approximate surface area is 248 Å². The average molecular weight is 619 g/mol. The second-order valence-corrected chi connectivity index (χ2v) is 11.2. The summed E-state index contributed by atoms with van der Waals surface area (Å²) >= 11 is 0. The number of benzene rings is 2. The van der Waals surface area contributed by atoms with Gasteiger partial charge in [-0.2, -0.15) is 13.2 Å². The fraction of sp³-hybridized carbons (Fsp3) is 0.333. The van der Waals surface area contributed by atoms with Crippen molar-refractivity contribution in [2.24, 2.45) is 5.92 Å². The third-order valence-electron chi connectivity index (χ3n) is 7.94. The van der Waals surface area contributed by atoms with Crippen molar-refractivity contribution in [1.82, 2.24) is 9.80 Å². The molecule has 2 heterocycles. The van der Waals surface area contributed by atoms with Crippen molar-refractivity contribution in [2.45, 2.75) is 51.0 Å². The number of alkyl halides is 3. The monoisotopic (exact) mass is 618 g/mol. The number of hydrogen-bond donors (Lipinski definition) is 2. The Morgan fingerprint density at radius 3 is 2.43 bits per heavy atom. The van der Waals surface area contributed by atoms with Crippen molar-refractivity contribution < 1.29 is 46.2 Å². The first-order valence-electron chi connectivity index (χ1n) is 13.6. The second-order valence-electron chi connectivity index (χ2n) is 11.2. The zero-order valence-electron chi connectivity index (χ0n) is 23.5. The second kappa shape index (κ2) is 11.1. The molecule has 2 aromatic carbocycles. The number of imide groups is 1. The Hall–Kier alpha value is -4.75. The molecule has 0 radical (unpaired) electrons. The molecule has 0 saturated carbocycles. The Morgan fingerprint density at radius 1 is 1.09 bits per heavy atom. The summed E-state index contributed by atoms with van der Waals surface area (Å²) in [5.74, 6) is -5.11. The van der Waals surface area contributed by atoms with Crippen LogP contribution in [0.25, 0.3) is 0 Å². The van der Waals surface area contributed by atoms with Crippen LogP contribution in [0.3, 0.4) is 0 Å². The number of carbonyl (C=O) groups excluding carboxylic acids is 3. The maximum absolute atomic E-state index is 14.3. The van der Waals surface area contributed by atoms with Crippen molar-refractivity contribution >= 4 is 35.2 Å². The summed E-state index contributed by atoms with van der Waals surface area (Å²) in [6.07, 6.45) is 0.351. The summed E-state index contributed by atoms with van der Waals surface area (Å²) in [4.78, 5) is 53.5. The molecule has 0 aromatic heterocycles. The van der Waals surface area contributed by atoms with E-state index in [2.05, 4.69) is 5.32 Å². The number of carbonyl (C=O) groups is 4. The number of anilines is 2. The fourth-order valence-corrected chi connectivity index (χ4v) is 5.43. The van der Waals surface area contributed by atoms with E-state index >= 15 is 0 Å². The van der Waals surface area contributed by atoms with Gasteiger partial charge in [0.25, 0.3) is 5.91 Å². The van der Waals surface area contributed by atoms with Crippen molar-refractivity contribution in [1.29, 1.82) is 0 Å². The minimum absolute atomic E-state index is 0.0569. The molecule has 2 unspecified atom stereocenters. The molecule has 0 spiro atoms. The zero-order chi connectivity index (χ0) is 32.1.